The molecule has 0 bridgehead atoms. The van der Waals surface area contributed by atoms with Gasteiger partial charge in [0.25, 0.3) is 5.56 Å². The van der Waals surface area contributed by atoms with Gasteiger partial charge in [-0.1, -0.05) is 0 Å². The molecule has 2 aromatic heterocycles. The number of halogens is 1. The van der Waals surface area contributed by atoms with Gasteiger partial charge in [-0.2, -0.15) is 0 Å². The molecule has 0 aliphatic rings. The molecule has 0 aromatic carbocycles. The maximum Gasteiger partial charge on any atom is 0.267 e. The van der Waals surface area contributed by atoms with E-state index in [0.29, 0.717) is 15.0 Å². The van der Waals surface area contributed by atoms with Gasteiger partial charge in [0.05, 0.1) is 19.2 Å². The number of hydrogen-bond donors (Lipinski definition) is 1. The van der Waals surface area contributed by atoms with Crippen LogP contribution in [0.1, 0.15) is 5.69 Å². The molecule has 6 nitrogen and oxygen atoms in total. The van der Waals surface area contributed by atoms with Crippen molar-refractivity contribution in [3.05, 3.63) is 44.1 Å². The molecule has 0 aliphatic carbocycles. The first-order chi connectivity index (χ1) is 9.93. The van der Waals surface area contributed by atoms with Gasteiger partial charge in [-0.05, 0) is 40.3 Å². The summed E-state index contributed by atoms with van der Waals surface area (Å²) in [4.78, 5) is 27.1. The number of rotatable bonds is 4. The van der Waals surface area contributed by atoms with Crippen LogP contribution < -0.4 is 16.0 Å². The molecule has 2 N–H and O–H groups in total. The van der Waals surface area contributed by atoms with Crippen LogP contribution >= 0.6 is 22.6 Å². The summed E-state index contributed by atoms with van der Waals surface area (Å²) < 4.78 is 7.35. The fourth-order valence-corrected chi connectivity index (χ4v) is 2.90. The van der Waals surface area contributed by atoms with Crippen molar-refractivity contribution in [2.24, 2.45) is 12.8 Å². The minimum atomic E-state index is -0.443. The number of ether oxygens (including phenoxy) is 1. The van der Waals surface area contributed by atoms with Crippen LogP contribution in [0, 0.1) is 3.57 Å². The summed E-state index contributed by atoms with van der Waals surface area (Å²) in [7, 11) is 3.20. The average molecular weight is 399 g/mol. The standard InChI is InChI=1S/C14H14IN3O3/c1-18-7-10(13(21-2)12(15)14(18)20)8-3-4-17-9(5-8)6-11(16)19/h3-5,7H,6H2,1-2H3,(H2,16,19). The van der Waals surface area contributed by atoms with E-state index in [2.05, 4.69) is 4.98 Å². The van der Waals surface area contributed by atoms with Crippen LogP contribution in [0.3, 0.4) is 0 Å². The highest BCUT2D eigenvalue weighted by atomic mass is 127. The van der Waals surface area contributed by atoms with Crippen LogP contribution in [0.2, 0.25) is 0 Å². The second-order valence-corrected chi connectivity index (χ2v) is 5.56. The van der Waals surface area contributed by atoms with Crippen molar-refractivity contribution in [3.8, 4) is 16.9 Å². The zero-order chi connectivity index (χ0) is 15.6. The lowest BCUT2D eigenvalue weighted by molar-refractivity contribution is -0.117. The van der Waals surface area contributed by atoms with Crippen LogP contribution in [0.4, 0.5) is 0 Å². The lowest BCUT2D eigenvalue weighted by Crippen LogP contribution is -2.20. The molecule has 7 heteroatoms. The van der Waals surface area contributed by atoms with Gasteiger partial charge < -0.3 is 15.0 Å². The number of aryl methyl sites for hydroxylation is 1. The first kappa shape index (κ1) is 15.5. The molecule has 0 saturated heterocycles. The Hall–Kier alpha value is -1.90. The molecule has 0 fully saturated rings. The average Bonchev–Trinajstić information content (AvgIpc) is 2.44. The first-order valence-electron chi connectivity index (χ1n) is 6.10. The molecule has 0 saturated carbocycles. The predicted octanol–water partition coefficient (Wildman–Crippen LogP) is 1.09. The van der Waals surface area contributed by atoms with Crippen molar-refractivity contribution in [2.45, 2.75) is 6.42 Å². The molecule has 110 valence electrons. The van der Waals surface area contributed by atoms with Crippen LogP contribution in [0.25, 0.3) is 11.1 Å². The van der Waals surface area contributed by atoms with Crippen molar-refractivity contribution in [3.63, 3.8) is 0 Å². The predicted molar refractivity (Wildman–Crippen MR) is 87.1 cm³/mol. The Morgan fingerprint density at radius 2 is 2.24 bits per heavy atom. The molecule has 0 atom stereocenters. The van der Waals surface area contributed by atoms with Gasteiger partial charge in [-0.3, -0.25) is 14.6 Å². The van der Waals surface area contributed by atoms with E-state index in [-0.39, 0.29) is 12.0 Å². The van der Waals surface area contributed by atoms with E-state index in [0.717, 1.165) is 11.1 Å². The van der Waals surface area contributed by atoms with Gasteiger partial charge in [-0.25, -0.2) is 0 Å². The molecule has 0 aliphatic heterocycles. The maximum atomic E-state index is 11.9. The highest BCUT2D eigenvalue weighted by Crippen LogP contribution is 2.32. The monoisotopic (exact) mass is 399 g/mol. The van der Waals surface area contributed by atoms with Gasteiger partial charge in [0.15, 0.2) is 0 Å². The maximum absolute atomic E-state index is 11.9. The number of pyridine rings is 2. The number of methoxy groups -OCH3 is 1. The smallest absolute Gasteiger partial charge is 0.267 e. The highest BCUT2D eigenvalue weighted by Gasteiger charge is 2.15. The third kappa shape index (κ3) is 3.23. The highest BCUT2D eigenvalue weighted by molar-refractivity contribution is 14.1. The Morgan fingerprint density at radius 3 is 2.86 bits per heavy atom. The van der Waals surface area contributed by atoms with Crippen molar-refractivity contribution in [2.75, 3.05) is 7.11 Å². The third-order valence-corrected chi connectivity index (χ3v) is 3.91. The van der Waals surface area contributed by atoms with E-state index in [9.17, 15) is 9.59 Å². The molecule has 0 radical (unpaired) electrons. The normalized spacial score (nSPS) is 10.4. The van der Waals surface area contributed by atoms with Gasteiger partial charge in [-0.15, -0.1) is 0 Å². The Labute approximate surface area is 135 Å². The van der Waals surface area contributed by atoms with Crippen molar-refractivity contribution in [1.82, 2.24) is 9.55 Å². The number of carbonyl (C=O) groups is 1. The van der Waals surface area contributed by atoms with Crippen LogP contribution in [-0.2, 0) is 18.3 Å². The molecule has 21 heavy (non-hydrogen) atoms. The summed E-state index contributed by atoms with van der Waals surface area (Å²) in [6.07, 6.45) is 3.37. The van der Waals surface area contributed by atoms with Crippen LogP contribution in [0.5, 0.6) is 5.75 Å². The van der Waals surface area contributed by atoms with Crippen LogP contribution in [0.15, 0.2) is 29.3 Å². The largest absolute Gasteiger partial charge is 0.495 e. The molecular weight excluding hydrogens is 385 g/mol. The number of primary amides is 1. The molecule has 0 spiro atoms. The number of hydrogen-bond acceptors (Lipinski definition) is 4. The van der Waals surface area contributed by atoms with E-state index in [4.69, 9.17) is 10.5 Å². The molecule has 0 unspecified atom stereocenters. The summed E-state index contributed by atoms with van der Waals surface area (Å²) in [5.74, 6) is 0.0663. The summed E-state index contributed by atoms with van der Waals surface area (Å²) >= 11 is 1.96. The van der Waals surface area contributed by atoms with Crippen molar-refractivity contribution in [1.29, 1.82) is 0 Å². The van der Waals surface area contributed by atoms with Gasteiger partial charge in [0.1, 0.15) is 9.32 Å². The lowest BCUT2D eigenvalue weighted by atomic mass is 10.1. The fourth-order valence-electron chi connectivity index (χ4n) is 2.01. The van der Waals surface area contributed by atoms with Gasteiger partial charge in [0.2, 0.25) is 5.91 Å². The molecular formula is C14H14IN3O3. The van der Waals surface area contributed by atoms with E-state index < -0.39 is 5.91 Å². The van der Waals surface area contributed by atoms with Crippen LogP contribution in [-0.4, -0.2) is 22.6 Å². The first-order valence-corrected chi connectivity index (χ1v) is 7.18. The molecule has 1 amide bonds. The van der Waals surface area contributed by atoms with Crippen molar-refractivity contribution < 1.29 is 9.53 Å². The van der Waals surface area contributed by atoms with Gasteiger partial charge >= 0.3 is 0 Å². The second kappa shape index (κ2) is 6.25. The van der Waals surface area contributed by atoms with E-state index >= 15 is 0 Å². The molecule has 2 rings (SSSR count). The zero-order valence-corrected chi connectivity index (χ0v) is 13.7. The zero-order valence-electron chi connectivity index (χ0n) is 11.6. The fraction of sp³-hybridized carbons (Fsp3) is 0.214. The quantitative estimate of drug-likeness (QED) is 0.780. The summed E-state index contributed by atoms with van der Waals surface area (Å²) in [6.45, 7) is 0. The van der Waals surface area contributed by atoms with E-state index in [1.54, 1.807) is 31.6 Å². The van der Waals surface area contributed by atoms with Gasteiger partial charge in [0, 0.05) is 25.0 Å². The Morgan fingerprint density at radius 1 is 1.52 bits per heavy atom. The van der Waals surface area contributed by atoms with Crippen molar-refractivity contribution >= 4 is 28.5 Å². The number of nitrogens with zero attached hydrogens (tertiary/aromatic N) is 2. The number of amides is 1. The lowest BCUT2D eigenvalue weighted by Gasteiger charge is -2.13. The summed E-state index contributed by atoms with van der Waals surface area (Å²) in [5.41, 5.74) is 7.21. The number of carbonyl (C=O) groups excluding carboxylic acids is 1. The Bertz CT molecular complexity index is 756. The summed E-state index contributed by atoms with van der Waals surface area (Å²) in [5, 5.41) is 0. The third-order valence-electron chi connectivity index (χ3n) is 2.96. The SMILES string of the molecule is COc1c(-c2ccnc(CC(N)=O)c2)cn(C)c(=O)c1I. The Kier molecular flexibility index (Phi) is 4.61. The minimum Gasteiger partial charge on any atom is -0.495 e. The van der Waals surface area contributed by atoms with E-state index in [1.807, 2.05) is 22.6 Å². The Balaban J connectivity index is 2.61. The number of aromatic nitrogens is 2. The van der Waals surface area contributed by atoms with E-state index in [1.165, 1.54) is 11.7 Å². The second-order valence-electron chi connectivity index (χ2n) is 4.49. The topological polar surface area (TPSA) is 87.2 Å². The number of nitrogens with two attached hydrogens (primary N) is 1. The molecule has 2 heterocycles. The minimum absolute atomic E-state index is 0.0685. The summed E-state index contributed by atoms with van der Waals surface area (Å²) in [6, 6.07) is 3.56. The molecule has 2 aromatic rings.